The molecule has 0 heterocycles. The number of amides is 1. The number of nitrogens with zero attached hydrogens (tertiary/aromatic N) is 1. The van der Waals surface area contributed by atoms with Crippen molar-refractivity contribution >= 4 is 11.6 Å². The summed E-state index contributed by atoms with van der Waals surface area (Å²) in [6.45, 7) is 8.42. The number of carbonyl (C=O) groups is 1. The average Bonchev–Trinajstić information content (AvgIpc) is 2.28. The molecule has 3 nitrogen and oxygen atoms in total. The Bertz CT molecular complexity index is 388. The largest absolute Gasteiger partial charge is 0.327 e. The molecule has 0 aliphatic carbocycles. The minimum absolute atomic E-state index is 0.0908. The quantitative estimate of drug-likeness (QED) is 0.869. The molecule has 0 aliphatic heterocycles. The van der Waals surface area contributed by atoms with Gasteiger partial charge in [-0.2, -0.15) is 0 Å². The SMILES string of the molecule is CCN(C(=O)C(C)C(C)N)c1cccc(C)c1. The van der Waals surface area contributed by atoms with Crippen LogP contribution in [-0.4, -0.2) is 18.5 Å². The molecule has 17 heavy (non-hydrogen) atoms. The van der Waals surface area contributed by atoms with Crippen LogP contribution >= 0.6 is 0 Å². The second-order valence-corrected chi connectivity index (χ2v) is 4.57. The molecular formula is C14H22N2O. The number of hydrogen-bond acceptors (Lipinski definition) is 2. The summed E-state index contributed by atoms with van der Waals surface area (Å²) in [6.07, 6.45) is 0. The van der Waals surface area contributed by atoms with E-state index in [1.54, 1.807) is 4.90 Å². The lowest BCUT2D eigenvalue weighted by Crippen LogP contribution is -2.41. The van der Waals surface area contributed by atoms with Crippen molar-refractivity contribution in [1.82, 2.24) is 0 Å². The molecule has 2 unspecified atom stereocenters. The number of anilines is 1. The summed E-state index contributed by atoms with van der Waals surface area (Å²) in [6, 6.07) is 7.85. The normalized spacial score (nSPS) is 14.2. The smallest absolute Gasteiger partial charge is 0.231 e. The molecular weight excluding hydrogens is 212 g/mol. The highest BCUT2D eigenvalue weighted by atomic mass is 16.2. The van der Waals surface area contributed by atoms with E-state index in [0.717, 1.165) is 11.3 Å². The second kappa shape index (κ2) is 5.82. The first kappa shape index (κ1) is 13.7. The monoisotopic (exact) mass is 234 g/mol. The van der Waals surface area contributed by atoms with E-state index in [9.17, 15) is 4.79 Å². The van der Waals surface area contributed by atoms with Gasteiger partial charge in [0.1, 0.15) is 0 Å². The van der Waals surface area contributed by atoms with Crippen LogP contribution in [0.15, 0.2) is 24.3 Å². The summed E-state index contributed by atoms with van der Waals surface area (Å²) >= 11 is 0. The van der Waals surface area contributed by atoms with Crippen molar-refractivity contribution < 1.29 is 4.79 Å². The van der Waals surface area contributed by atoms with E-state index in [1.165, 1.54) is 0 Å². The third kappa shape index (κ3) is 3.30. The van der Waals surface area contributed by atoms with Gasteiger partial charge in [0.15, 0.2) is 0 Å². The highest BCUT2D eigenvalue weighted by Gasteiger charge is 2.23. The maximum Gasteiger partial charge on any atom is 0.231 e. The molecule has 1 rings (SSSR count). The predicted molar refractivity (Wildman–Crippen MR) is 72.0 cm³/mol. The van der Waals surface area contributed by atoms with Crippen LogP contribution in [0.2, 0.25) is 0 Å². The van der Waals surface area contributed by atoms with Crippen molar-refractivity contribution in [1.29, 1.82) is 0 Å². The Morgan fingerprint density at radius 1 is 1.41 bits per heavy atom. The van der Waals surface area contributed by atoms with Gasteiger partial charge in [0.2, 0.25) is 5.91 Å². The fourth-order valence-corrected chi connectivity index (χ4v) is 1.73. The molecule has 0 saturated carbocycles. The van der Waals surface area contributed by atoms with Crippen LogP contribution in [0.3, 0.4) is 0 Å². The number of rotatable bonds is 4. The van der Waals surface area contributed by atoms with Gasteiger partial charge in [-0.15, -0.1) is 0 Å². The van der Waals surface area contributed by atoms with Crippen LogP contribution < -0.4 is 10.6 Å². The molecule has 3 heteroatoms. The third-order valence-corrected chi connectivity index (χ3v) is 3.07. The molecule has 94 valence electrons. The van der Waals surface area contributed by atoms with E-state index < -0.39 is 0 Å². The van der Waals surface area contributed by atoms with Crippen LogP contribution in [0, 0.1) is 12.8 Å². The van der Waals surface area contributed by atoms with Crippen molar-refractivity contribution in [2.45, 2.75) is 33.7 Å². The van der Waals surface area contributed by atoms with Gasteiger partial charge in [-0.05, 0) is 38.5 Å². The summed E-state index contributed by atoms with van der Waals surface area (Å²) in [5, 5.41) is 0. The Morgan fingerprint density at radius 2 is 2.06 bits per heavy atom. The zero-order valence-corrected chi connectivity index (χ0v) is 11.1. The lowest BCUT2D eigenvalue weighted by Gasteiger charge is -2.26. The molecule has 1 amide bonds. The second-order valence-electron chi connectivity index (χ2n) is 4.57. The van der Waals surface area contributed by atoms with Gasteiger partial charge >= 0.3 is 0 Å². The molecule has 2 N–H and O–H groups in total. The van der Waals surface area contributed by atoms with E-state index in [2.05, 4.69) is 0 Å². The lowest BCUT2D eigenvalue weighted by atomic mass is 10.0. The zero-order valence-electron chi connectivity index (χ0n) is 11.1. The Morgan fingerprint density at radius 3 is 2.53 bits per heavy atom. The van der Waals surface area contributed by atoms with E-state index >= 15 is 0 Å². The van der Waals surface area contributed by atoms with E-state index in [1.807, 2.05) is 52.0 Å². The van der Waals surface area contributed by atoms with E-state index in [0.29, 0.717) is 6.54 Å². The third-order valence-electron chi connectivity index (χ3n) is 3.07. The summed E-state index contributed by atoms with van der Waals surface area (Å²) in [5.41, 5.74) is 7.89. The van der Waals surface area contributed by atoms with Crippen LogP contribution in [0.4, 0.5) is 5.69 Å². The lowest BCUT2D eigenvalue weighted by molar-refractivity contribution is -0.122. The molecule has 1 aromatic rings. The van der Waals surface area contributed by atoms with E-state index in [-0.39, 0.29) is 17.9 Å². The minimum atomic E-state index is -0.157. The van der Waals surface area contributed by atoms with Crippen molar-refractivity contribution in [2.75, 3.05) is 11.4 Å². The van der Waals surface area contributed by atoms with Gasteiger partial charge < -0.3 is 10.6 Å². The van der Waals surface area contributed by atoms with Crippen LogP contribution in [0.5, 0.6) is 0 Å². The number of nitrogens with two attached hydrogens (primary N) is 1. The van der Waals surface area contributed by atoms with Gasteiger partial charge in [0, 0.05) is 18.3 Å². The summed E-state index contributed by atoms with van der Waals surface area (Å²) < 4.78 is 0. The highest BCUT2D eigenvalue weighted by Crippen LogP contribution is 2.18. The highest BCUT2D eigenvalue weighted by molar-refractivity contribution is 5.95. The summed E-state index contributed by atoms with van der Waals surface area (Å²) in [5.74, 6) is -0.0661. The Balaban J connectivity index is 2.96. The molecule has 0 spiro atoms. The summed E-state index contributed by atoms with van der Waals surface area (Å²) in [7, 11) is 0. The number of hydrogen-bond donors (Lipinski definition) is 1. The molecule has 0 saturated heterocycles. The molecule has 0 bridgehead atoms. The van der Waals surface area contributed by atoms with Gasteiger partial charge in [0.25, 0.3) is 0 Å². The van der Waals surface area contributed by atoms with Crippen LogP contribution in [-0.2, 0) is 4.79 Å². The standard InChI is InChI=1S/C14H22N2O/c1-5-16(14(17)11(3)12(4)15)13-8-6-7-10(2)9-13/h6-9,11-12H,5,15H2,1-4H3. The fourth-order valence-electron chi connectivity index (χ4n) is 1.73. The van der Waals surface area contributed by atoms with Gasteiger partial charge in [0.05, 0.1) is 5.92 Å². The van der Waals surface area contributed by atoms with Gasteiger partial charge in [-0.25, -0.2) is 0 Å². The molecule has 0 aromatic heterocycles. The first-order valence-electron chi connectivity index (χ1n) is 6.11. The maximum atomic E-state index is 12.3. The number of aryl methyl sites for hydroxylation is 1. The Kier molecular flexibility index (Phi) is 4.70. The van der Waals surface area contributed by atoms with Crippen molar-refractivity contribution in [3.05, 3.63) is 29.8 Å². The molecule has 1 aromatic carbocycles. The maximum absolute atomic E-state index is 12.3. The number of carbonyl (C=O) groups excluding carboxylic acids is 1. The van der Waals surface area contributed by atoms with Crippen molar-refractivity contribution in [3.63, 3.8) is 0 Å². The van der Waals surface area contributed by atoms with Crippen LogP contribution in [0.25, 0.3) is 0 Å². The average molecular weight is 234 g/mol. The molecule has 0 radical (unpaired) electrons. The topological polar surface area (TPSA) is 46.3 Å². The first-order chi connectivity index (χ1) is 7.97. The molecule has 0 fully saturated rings. The molecule has 2 atom stereocenters. The first-order valence-corrected chi connectivity index (χ1v) is 6.11. The molecule has 0 aliphatic rings. The summed E-state index contributed by atoms with van der Waals surface area (Å²) in [4.78, 5) is 14.1. The van der Waals surface area contributed by atoms with Crippen molar-refractivity contribution in [3.8, 4) is 0 Å². The predicted octanol–water partition coefficient (Wildman–Crippen LogP) is 2.33. The Hall–Kier alpha value is -1.35. The van der Waals surface area contributed by atoms with Crippen molar-refractivity contribution in [2.24, 2.45) is 11.7 Å². The minimum Gasteiger partial charge on any atom is -0.327 e. The van der Waals surface area contributed by atoms with Gasteiger partial charge in [-0.3, -0.25) is 4.79 Å². The van der Waals surface area contributed by atoms with Gasteiger partial charge in [-0.1, -0.05) is 19.1 Å². The zero-order chi connectivity index (χ0) is 13.0. The Labute approximate surface area is 104 Å². The number of benzene rings is 1. The van der Waals surface area contributed by atoms with E-state index in [4.69, 9.17) is 5.73 Å². The fraction of sp³-hybridized carbons (Fsp3) is 0.500. The van der Waals surface area contributed by atoms with Crippen LogP contribution in [0.1, 0.15) is 26.3 Å².